The Morgan fingerprint density at radius 1 is 1.29 bits per heavy atom. The molecule has 4 heteroatoms. The maximum atomic E-state index is 10.2. The van der Waals surface area contributed by atoms with Crippen LogP contribution < -0.4 is 4.74 Å². The Bertz CT molecular complexity index is 626. The van der Waals surface area contributed by atoms with Gasteiger partial charge in [0.15, 0.2) is 0 Å². The van der Waals surface area contributed by atoms with Crippen molar-refractivity contribution in [2.75, 3.05) is 0 Å². The van der Waals surface area contributed by atoms with Crippen molar-refractivity contribution < 1.29 is 9.84 Å². The van der Waals surface area contributed by atoms with Gasteiger partial charge in [0.1, 0.15) is 17.4 Å². The van der Waals surface area contributed by atoms with E-state index in [9.17, 15) is 5.11 Å². The maximum absolute atomic E-state index is 10.2. The lowest BCUT2D eigenvalue weighted by Gasteiger charge is -2.15. The first-order chi connectivity index (χ1) is 9.81. The van der Waals surface area contributed by atoms with Gasteiger partial charge in [0.05, 0.1) is 16.2 Å². The van der Waals surface area contributed by atoms with Crippen LogP contribution in [0.1, 0.15) is 47.5 Å². The summed E-state index contributed by atoms with van der Waals surface area (Å²) in [6.45, 7) is 10.2. The molecule has 1 heterocycles. The van der Waals surface area contributed by atoms with E-state index < -0.39 is 5.60 Å². The van der Waals surface area contributed by atoms with Gasteiger partial charge >= 0.3 is 0 Å². The summed E-state index contributed by atoms with van der Waals surface area (Å²) in [5, 5.41) is 11.1. The Morgan fingerprint density at radius 2 is 2.00 bits per heavy atom. The quantitative estimate of drug-likeness (QED) is 0.903. The smallest absolute Gasteiger partial charge is 0.140 e. The first kappa shape index (κ1) is 16.0. The summed E-state index contributed by atoms with van der Waals surface area (Å²) in [5.41, 5.74) is 2.48. The minimum Gasteiger partial charge on any atom is -0.486 e. The molecule has 0 atom stereocenters. The molecule has 0 aliphatic carbocycles. The fourth-order valence-electron chi connectivity index (χ4n) is 2.28. The normalized spacial score (nSPS) is 11.7. The molecule has 0 spiro atoms. The van der Waals surface area contributed by atoms with Crippen LogP contribution in [0.3, 0.4) is 0 Å². The Labute approximate surface area is 130 Å². The Balaban J connectivity index is 2.15. The van der Waals surface area contributed by atoms with Gasteiger partial charge in [-0.3, -0.25) is 0 Å². The second-order valence-electron chi connectivity index (χ2n) is 5.85. The summed E-state index contributed by atoms with van der Waals surface area (Å²) in [7, 11) is 0. The molecule has 0 fully saturated rings. The molecular formula is C17H23NO2S. The highest BCUT2D eigenvalue weighted by Crippen LogP contribution is 2.31. The molecule has 0 bridgehead atoms. The number of aryl methyl sites for hydroxylation is 3. The van der Waals surface area contributed by atoms with Crippen LogP contribution in [0.25, 0.3) is 0 Å². The third-order valence-corrected chi connectivity index (χ3v) is 4.70. The molecule has 0 unspecified atom stereocenters. The van der Waals surface area contributed by atoms with Crippen LogP contribution in [-0.2, 0) is 18.6 Å². The summed E-state index contributed by atoms with van der Waals surface area (Å²) in [6, 6.07) is 6.15. The van der Waals surface area contributed by atoms with Crippen molar-refractivity contribution in [2.24, 2.45) is 0 Å². The van der Waals surface area contributed by atoms with Crippen molar-refractivity contribution in [1.82, 2.24) is 4.98 Å². The van der Waals surface area contributed by atoms with Gasteiger partial charge in [-0.2, -0.15) is 0 Å². The molecule has 1 aromatic heterocycles. The minimum atomic E-state index is -0.846. The number of rotatable bonds is 5. The van der Waals surface area contributed by atoms with E-state index in [1.165, 1.54) is 16.9 Å². The van der Waals surface area contributed by atoms with Gasteiger partial charge in [-0.1, -0.05) is 24.6 Å². The number of aromatic nitrogens is 1. The van der Waals surface area contributed by atoms with Crippen LogP contribution in [0.2, 0.25) is 0 Å². The Hall–Kier alpha value is -1.39. The lowest BCUT2D eigenvalue weighted by Crippen LogP contribution is -2.15. The zero-order valence-electron chi connectivity index (χ0n) is 13.4. The molecule has 1 aromatic carbocycles. The van der Waals surface area contributed by atoms with Gasteiger partial charge in [0.2, 0.25) is 0 Å². The fourth-order valence-corrected chi connectivity index (χ4v) is 3.35. The van der Waals surface area contributed by atoms with Crippen molar-refractivity contribution in [1.29, 1.82) is 0 Å². The first-order valence-electron chi connectivity index (χ1n) is 7.22. The van der Waals surface area contributed by atoms with Gasteiger partial charge in [-0.25, -0.2) is 4.98 Å². The van der Waals surface area contributed by atoms with Crippen LogP contribution in [-0.4, -0.2) is 10.1 Å². The highest BCUT2D eigenvalue weighted by atomic mass is 32.1. The monoisotopic (exact) mass is 305 g/mol. The number of aliphatic hydroxyl groups is 1. The molecule has 0 radical (unpaired) electrons. The van der Waals surface area contributed by atoms with Crippen LogP contribution in [0.4, 0.5) is 0 Å². The largest absolute Gasteiger partial charge is 0.486 e. The molecule has 0 aliphatic rings. The second-order valence-corrected chi connectivity index (χ2v) is 6.94. The van der Waals surface area contributed by atoms with E-state index in [-0.39, 0.29) is 0 Å². The van der Waals surface area contributed by atoms with Crippen LogP contribution in [0.5, 0.6) is 5.75 Å². The predicted octanol–water partition coefficient (Wildman–Crippen LogP) is 4.13. The standard InChI is InChI=1S/C17H23NO2S/c1-6-13-16(17(4,5)19)21-15(18-13)10-20-14-8-7-11(2)9-12(14)3/h7-9,19H,6,10H2,1-5H3. The zero-order valence-corrected chi connectivity index (χ0v) is 14.2. The van der Waals surface area contributed by atoms with Gasteiger partial charge in [-0.15, -0.1) is 11.3 Å². The number of hydrogen-bond donors (Lipinski definition) is 1. The van der Waals surface area contributed by atoms with Gasteiger partial charge < -0.3 is 9.84 Å². The van der Waals surface area contributed by atoms with E-state index in [1.807, 2.05) is 19.1 Å². The third kappa shape index (κ3) is 3.83. The molecular weight excluding hydrogens is 282 g/mol. The van der Waals surface area contributed by atoms with Crippen molar-refractivity contribution in [3.8, 4) is 5.75 Å². The zero-order chi connectivity index (χ0) is 15.6. The first-order valence-corrected chi connectivity index (χ1v) is 8.04. The van der Waals surface area contributed by atoms with Crippen LogP contribution in [0.15, 0.2) is 18.2 Å². The predicted molar refractivity (Wildman–Crippen MR) is 87.0 cm³/mol. The van der Waals surface area contributed by atoms with Crippen molar-refractivity contribution in [3.05, 3.63) is 44.9 Å². The highest BCUT2D eigenvalue weighted by Gasteiger charge is 2.24. The molecule has 0 saturated carbocycles. The highest BCUT2D eigenvalue weighted by molar-refractivity contribution is 7.11. The van der Waals surface area contributed by atoms with E-state index in [0.29, 0.717) is 6.61 Å². The van der Waals surface area contributed by atoms with Crippen molar-refractivity contribution >= 4 is 11.3 Å². The van der Waals surface area contributed by atoms with E-state index in [1.54, 1.807) is 13.8 Å². The SMILES string of the molecule is CCc1nc(COc2ccc(C)cc2C)sc1C(C)(C)O. The van der Waals surface area contributed by atoms with E-state index in [0.717, 1.165) is 33.3 Å². The van der Waals surface area contributed by atoms with Crippen molar-refractivity contribution in [2.45, 2.75) is 53.2 Å². The second kappa shape index (κ2) is 6.16. The number of hydrogen-bond acceptors (Lipinski definition) is 4. The molecule has 0 saturated heterocycles. The summed E-state index contributed by atoms with van der Waals surface area (Å²) in [6.07, 6.45) is 0.819. The summed E-state index contributed by atoms with van der Waals surface area (Å²) in [4.78, 5) is 5.53. The molecule has 0 amide bonds. The lowest BCUT2D eigenvalue weighted by molar-refractivity contribution is 0.0814. The van der Waals surface area contributed by atoms with Gasteiger partial charge in [-0.05, 0) is 45.7 Å². The molecule has 1 N–H and O–H groups in total. The van der Waals surface area contributed by atoms with E-state index >= 15 is 0 Å². The molecule has 2 aromatic rings. The lowest BCUT2D eigenvalue weighted by atomic mass is 10.1. The van der Waals surface area contributed by atoms with Crippen molar-refractivity contribution in [3.63, 3.8) is 0 Å². The van der Waals surface area contributed by atoms with Gasteiger partial charge in [0, 0.05) is 0 Å². The summed E-state index contributed by atoms with van der Waals surface area (Å²) < 4.78 is 5.87. The topological polar surface area (TPSA) is 42.4 Å². The maximum Gasteiger partial charge on any atom is 0.140 e. The number of ether oxygens (including phenoxy) is 1. The number of nitrogens with zero attached hydrogens (tertiary/aromatic N) is 1. The average Bonchev–Trinajstić information content (AvgIpc) is 2.81. The van der Waals surface area contributed by atoms with Gasteiger partial charge in [0.25, 0.3) is 0 Å². The molecule has 3 nitrogen and oxygen atoms in total. The fraction of sp³-hybridized carbons (Fsp3) is 0.471. The Morgan fingerprint density at radius 3 is 2.52 bits per heavy atom. The summed E-state index contributed by atoms with van der Waals surface area (Å²) in [5.74, 6) is 0.888. The number of thiazole rings is 1. The van der Waals surface area contributed by atoms with E-state index in [4.69, 9.17) is 4.74 Å². The molecule has 0 aliphatic heterocycles. The molecule has 21 heavy (non-hydrogen) atoms. The average molecular weight is 305 g/mol. The molecule has 2 rings (SSSR count). The minimum absolute atomic E-state index is 0.442. The van der Waals surface area contributed by atoms with Crippen LogP contribution in [0, 0.1) is 13.8 Å². The molecule has 114 valence electrons. The third-order valence-electron chi connectivity index (χ3n) is 3.31. The number of benzene rings is 1. The van der Waals surface area contributed by atoms with Crippen LogP contribution >= 0.6 is 11.3 Å². The summed E-state index contributed by atoms with van der Waals surface area (Å²) >= 11 is 1.53. The Kier molecular flexibility index (Phi) is 4.69. The van der Waals surface area contributed by atoms with E-state index in [2.05, 4.69) is 24.9 Å².